The molecule has 0 aliphatic heterocycles. The zero-order valence-electron chi connectivity index (χ0n) is 18.3. The van der Waals surface area contributed by atoms with Gasteiger partial charge in [-0.05, 0) is 22.3 Å². The van der Waals surface area contributed by atoms with E-state index in [0.717, 1.165) is 22.3 Å². The lowest BCUT2D eigenvalue weighted by molar-refractivity contribution is -0.139. The van der Waals surface area contributed by atoms with E-state index in [1.54, 1.807) is 0 Å². The summed E-state index contributed by atoms with van der Waals surface area (Å²) in [7, 11) is 1.43. The molecule has 2 amide bonds. The highest BCUT2D eigenvalue weighted by Crippen LogP contribution is 2.44. The van der Waals surface area contributed by atoms with Crippen molar-refractivity contribution in [3.63, 3.8) is 0 Å². The minimum atomic E-state index is -1.21. The molecular weight excluding hydrogens is 442 g/mol. The molecule has 34 heavy (non-hydrogen) atoms. The van der Waals surface area contributed by atoms with Gasteiger partial charge in [-0.15, -0.1) is 5.10 Å². The first-order valence-electron chi connectivity index (χ1n) is 10.5. The van der Waals surface area contributed by atoms with Crippen molar-refractivity contribution in [2.24, 2.45) is 0 Å². The number of benzene rings is 2. The molecule has 4 rings (SSSR count). The number of rotatable bonds is 9. The molecule has 0 fully saturated rings. The van der Waals surface area contributed by atoms with Crippen molar-refractivity contribution < 1.29 is 29.0 Å². The molecule has 11 nitrogen and oxygen atoms in total. The number of hydrogen-bond donors (Lipinski definition) is 4. The molecule has 1 unspecified atom stereocenters. The fourth-order valence-corrected chi connectivity index (χ4v) is 3.86. The summed E-state index contributed by atoms with van der Waals surface area (Å²) in [6.45, 7) is 0.264. The minimum Gasteiger partial charge on any atom is -0.480 e. The number of carboxylic acids is 1. The van der Waals surface area contributed by atoms with Crippen molar-refractivity contribution in [1.29, 1.82) is 0 Å². The number of nitrogens with one attached hydrogen (secondary N) is 3. The van der Waals surface area contributed by atoms with E-state index in [2.05, 4.69) is 25.8 Å². The van der Waals surface area contributed by atoms with Crippen molar-refractivity contribution in [1.82, 2.24) is 20.5 Å². The number of aromatic amines is 1. The first-order chi connectivity index (χ1) is 16.5. The molecule has 0 spiro atoms. The van der Waals surface area contributed by atoms with Gasteiger partial charge in [-0.1, -0.05) is 48.5 Å². The van der Waals surface area contributed by atoms with Gasteiger partial charge < -0.3 is 19.9 Å². The van der Waals surface area contributed by atoms with E-state index in [1.165, 1.54) is 7.11 Å². The zero-order valence-corrected chi connectivity index (χ0v) is 18.3. The lowest BCUT2D eigenvalue weighted by Gasteiger charge is -2.14. The lowest BCUT2D eigenvalue weighted by Crippen LogP contribution is -2.41. The van der Waals surface area contributed by atoms with Gasteiger partial charge >= 0.3 is 12.1 Å². The molecule has 176 valence electrons. The van der Waals surface area contributed by atoms with Crippen LogP contribution in [0.3, 0.4) is 0 Å². The van der Waals surface area contributed by atoms with Gasteiger partial charge in [-0.25, -0.2) is 9.59 Å². The summed E-state index contributed by atoms with van der Waals surface area (Å²) in [4.78, 5) is 39.7. The molecule has 0 saturated heterocycles. The molecule has 1 aliphatic rings. The average molecular weight is 465 g/mol. The molecule has 0 saturated carbocycles. The first kappa shape index (κ1) is 22.9. The van der Waals surface area contributed by atoms with E-state index in [1.807, 2.05) is 48.5 Å². The Labute approximate surface area is 194 Å². The minimum absolute atomic E-state index is 0.0799. The SMILES string of the molecule is COCCC(NC(=O)c1nc(NC(=O)OCC2c3ccccc3-c3ccccc32)n[nH]1)C(=O)O. The predicted molar refractivity (Wildman–Crippen MR) is 120 cm³/mol. The van der Waals surface area contributed by atoms with Gasteiger partial charge in [-0.3, -0.25) is 15.2 Å². The van der Waals surface area contributed by atoms with Crippen LogP contribution in [0.25, 0.3) is 11.1 Å². The van der Waals surface area contributed by atoms with Crippen molar-refractivity contribution >= 4 is 23.9 Å². The maximum absolute atomic E-state index is 12.3. The van der Waals surface area contributed by atoms with E-state index in [0.29, 0.717) is 0 Å². The Morgan fingerprint density at radius 2 is 1.74 bits per heavy atom. The topological polar surface area (TPSA) is 156 Å². The predicted octanol–water partition coefficient (Wildman–Crippen LogP) is 2.39. The number of amides is 2. The molecular formula is C23H23N5O6. The maximum atomic E-state index is 12.3. The number of fused-ring (bicyclic) bond motifs is 3. The molecule has 0 bridgehead atoms. The Balaban J connectivity index is 1.35. The number of nitrogens with zero attached hydrogens (tertiary/aromatic N) is 2. The molecule has 1 aromatic heterocycles. The molecule has 1 aliphatic carbocycles. The number of hydrogen-bond acceptors (Lipinski definition) is 7. The smallest absolute Gasteiger partial charge is 0.414 e. The van der Waals surface area contributed by atoms with Crippen molar-refractivity contribution in [3.8, 4) is 11.1 Å². The summed E-state index contributed by atoms with van der Waals surface area (Å²) in [5, 5.41) is 20.0. The zero-order chi connectivity index (χ0) is 24.1. The number of aliphatic carboxylic acids is 1. The summed E-state index contributed by atoms with van der Waals surface area (Å²) < 4.78 is 10.3. The van der Waals surface area contributed by atoms with Crippen molar-refractivity contribution in [2.45, 2.75) is 18.4 Å². The summed E-state index contributed by atoms with van der Waals surface area (Å²) in [6, 6.07) is 14.8. The molecule has 2 aromatic carbocycles. The van der Waals surface area contributed by atoms with E-state index >= 15 is 0 Å². The highest BCUT2D eigenvalue weighted by Gasteiger charge is 2.29. The fraction of sp³-hybridized carbons (Fsp3) is 0.261. The van der Waals surface area contributed by atoms with Crippen LogP contribution in [0.2, 0.25) is 0 Å². The van der Waals surface area contributed by atoms with E-state index in [4.69, 9.17) is 9.47 Å². The average Bonchev–Trinajstić information content (AvgIpc) is 3.43. The molecule has 4 N–H and O–H groups in total. The van der Waals surface area contributed by atoms with Crippen LogP contribution in [0.5, 0.6) is 0 Å². The fourth-order valence-electron chi connectivity index (χ4n) is 3.86. The molecule has 1 heterocycles. The van der Waals surface area contributed by atoms with Gasteiger partial charge in [-0.2, -0.15) is 4.98 Å². The third-order valence-corrected chi connectivity index (χ3v) is 5.47. The van der Waals surface area contributed by atoms with Gasteiger partial charge in [0.15, 0.2) is 0 Å². The normalized spacial score (nSPS) is 13.0. The second kappa shape index (κ2) is 10.1. The maximum Gasteiger partial charge on any atom is 0.414 e. The number of ether oxygens (including phenoxy) is 2. The number of carbonyl (C=O) groups excluding carboxylic acids is 2. The highest BCUT2D eigenvalue weighted by molar-refractivity contribution is 5.94. The third-order valence-electron chi connectivity index (χ3n) is 5.47. The van der Waals surface area contributed by atoms with E-state index in [9.17, 15) is 19.5 Å². The number of carboxylic acid groups (broad SMARTS) is 1. The van der Waals surface area contributed by atoms with Gasteiger partial charge in [0.05, 0.1) is 0 Å². The standard InChI is InChI=1S/C23H23N5O6/c1-33-11-10-18(21(30)31)24-20(29)19-25-22(28-27-19)26-23(32)34-12-17-15-8-4-2-6-13(15)14-7-3-5-9-16(14)17/h2-9,17-18H,10-12H2,1H3,(H,24,29)(H,30,31)(H2,25,26,27,28,32). The number of carbonyl (C=O) groups is 3. The van der Waals surface area contributed by atoms with Crippen LogP contribution in [-0.4, -0.2) is 64.6 Å². The Hall–Kier alpha value is -4.25. The van der Waals surface area contributed by atoms with Crippen molar-refractivity contribution in [2.75, 3.05) is 25.6 Å². The largest absolute Gasteiger partial charge is 0.480 e. The Bertz CT molecular complexity index is 1160. The summed E-state index contributed by atoms with van der Waals surface area (Å²) in [5.41, 5.74) is 4.38. The summed E-state index contributed by atoms with van der Waals surface area (Å²) in [6.07, 6.45) is -0.701. The third kappa shape index (κ3) is 4.89. The van der Waals surface area contributed by atoms with Crippen LogP contribution in [0, 0.1) is 0 Å². The first-order valence-corrected chi connectivity index (χ1v) is 10.5. The number of H-pyrrole nitrogens is 1. The summed E-state index contributed by atoms with van der Waals surface area (Å²) in [5.74, 6) is -2.52. The van der Waals surface area contributed by atoms with Crippen LogP contribution >= 0.6 is 0 Å². The van der Waals surface area contributed by atoms with Crippen LogP contribution in [0.15, 0.2) is 48.5 Å². The second-order valence-electron chi connectivity index (χ2n) is 7.60. The van der Waals surface area contributed by atoms with Crippen LogP contribution in [-0.2, 0) is 14.3 Å². The van der Waals surface area contributed by atoms with Gasteiger partial charge in [0.25, 0.3) is 11.9 Å². The monoisotopic (exact) mass is 465 g/mol. The van der Waals surface area contributed by atoms with Crippen LogP contribution < -0.4 is 10.6 Å². The Kier molecular flexibility index (Phi) is 6.83. The quantitative estimate of drug-likeness (QED) is 0.375. The molecule has 11 heteroatoms. The van der Waals surface area contributed by atoms with E-state index in [-0.39, 0.29) is 37.3 Å². The second-order valence-corrected chi connectivity index (χ2v) is 7.60. The number of anilines is 1. The molecule has 0 radical (unpaired) electrons. The lowest BCUT2D eigenvalue weighted by atomic mass is 9.98. The summed E-state index contributed by atoms with van der Waals surface area (Å²) >= 11 is 0. The van der Waals surface area contributed by atoms with E-state index < -0.39 is 24.0 Å². The molecule has 3 aromatic rings. The van der Waals surface area contributed by atoms with Crippen molar-refractivity contribution in [3.05, 3.63) is 65.5 Å². The highest BCUT2D eigenvalue weighted by atomic mass is 16.5. The van der Waals surface area contributed by atoms with Gasteiger partial charge in [0.1, 0.15) is 12.6 Å². The number of methoxy groups -OCH3 is 1. The Morgan fingerprint density at radius 1 is 1.09 bits per heavy atom. The van der Waals surface area contributed by atoms with Crippen LogP contribution in [0.4, 0.5) is 10.7 Å². The number of aromatic nitrogens is 3. The van der Waals surface area contributed by atoms with Gasteiger partial charge in [0, 0.05) is 26.1 Å². The van der Waals surface area contributed by atoms with Crippen LogP contribution in [0.1, 0.15) is 34.1 Å². The molecule has 1 atom stereocenters. The van der Waals surface area contributed by atoms with Gasteiger partial charge in [0.2, 0.25) is 5.82 Å². The Morgan fingerprint density at radius 3 is 2.35 bits per heavy atom.